The van der Waals surface area contributed by atoms with Crippen molar-refractivity contribution in [1.82, 2.24) is 126 Å². The van der Waals surface area contributed by atoms with E-state index in [1.165, 1.54) is 45.7 Å². The number of pyridine rings is 5. The molecule has 1 amide bonds. The molecule has 0 radical (unpaired) electrons. The number of aryl methyl sites for hydroxylation is 6. The number of aromatic nitrogens is 23. The molecule has 0 atom stereocenters. The van der Waals surface area contributed by atoms with Crippen molar-refractivity contribution in [2.24, 2.45) is 0 Å². The molecule has 1 aliphatic carbocycles. The molecule has 30 nitrogen and oxygen atoms in total. The smallest absolute Gasteiger partial charge is 0.219 e. The van der Waals surface area contributed by atoms with Gasteiger partial charge in [0.25, 0.3) is 0 Å². The lowest BCUT2D eigenvalue weighted by Crippen LogP contribution is -2.37. The summed E-state index contributed by atoms with van der Waals surface area (Å²) in [7, 11) is -3.13. The molecule has 4 aliphatic rings. The van der Waals surface area contributed by atoms with Gasteiger partial charge in [-0.15, -0.1) is 0 Å². The van der Waals surface area contributed by atoms with Gasteiger partial charge in [-0.05, 0) is 242 Å². The Balaban J connectivity index is 0.0000000977. The number of carbonyl (C=O) groups excluding carboxylic acids is 1. The zero-order valence-electron chi connectivity index (χ0n) is 67.7. The minimum atomic E-state index is -3.13. The first-order valence-corrected chi connectivity index (χ1v) is 44.6. The maximum absolute atomic E-state index is 12.3. The molecule has 33 heteroatoms. The third kappa shape index (κ3) is 14.9. The summed E-state index contributed by atoms with van der Waals surface area (Å²) in [6.45, 7) is 17.6. The van der Waals surface area contributed by atoms with Gasteiger partial charge in [-0.2, -0.15) is 45.9 Å². The van der Waals surface area contributed by atoms with E-state index in [1.54, 1.807) is 19.3 Å². The first-order valence-electron chi connectivity index (χ1n) is 40.6. The lowest BCUT2D eigenvalue weighted by Gasteiger charge is -2.30. The largest absolute Gasteiger partial charge is 0.506 e. The number of H-pyrrole nitrogens is 9. The molecule has 1 saturated heterocycles. The molecule has 20 aromatic rings. The van der Waals surface area contributed by atoms with Gasteiger partial charge in [-0.25, -0.2) is 33.3 Å². The third-order valence-electron chi connectivity index (χ3n) is 24.0. The molecule has 2 fully saturated rings. The van der Waals surface area contributed by atoms with Crippen LogP contribution in [0.25, 0.3) is 165 Å². The molecule has 616 valence electrons. The van der Waals surface area contributed by atoms with Gasteiger partial charge in [0.15, 0.2) is 9.84 Å². The second-order valence-electron chi connectivity index (χ2n) is 31.8. The van der Waals surface area contributed by atoms with Crippen molar-refractivity contribution < 1.29 is 23.1 Å². The number of aromatic amines is 9. The Hall–Kier alpha value is -12.8. The summed E-state index contributed by atoms with van der Waals surface area (Å²) in [6.07, 6.45) is 21.3. The van der Waals surface area contributed by atoms with Crippen LogP contribution in [-0.4, -0.2) is 191 Å². The Kier molecular flexibility index (Phi) is 20.6. The molecular weight excluding hydrogens is 1800 g/mol. The second kappa shape index (κ2) is 32.2. The monoisotopic (exact) mass is 1880 g/mol. The number of nitrogens with zero attached hydrogens (tertiary/aromatic N) is 16. The Morgan fingerprint density at radius 3 is 1.37 bits per heavy atom. The van der Waals surface area contributed by atoms with Crippen LogP contribution in [0.3, 0.4) is 0 Å². The van der Waals surface area contributed by atoms with Crippen molar-refractivity contribution in [2.75, 3.05) is 45.1 Å². The molecule has 24 rings (SSSR count). The van der Waals surface area contributed by atoms with Crippen LogP contribution in [-0.2, 0) is 50.9 Å². The van der Waals surface area contributed by atoms with Crippen molar-refractivity contribution in [3.05, 3.63) is 216 Å². The number of ether oxygens (including phenoxy) is 1. The highest BCUT2D eigenvalue weighted by Crippen LogP contribution is 2.47. The van der Waals surface area contributed by atoms with Crippen LogP contribution in [0, 0.1) is 41.8 Å². The summed E-state index contributed by atoms with van der Waals surface area (Å²) >= 11 is 4.29. The average molecular weight is 1880 g/mol. The summed E-state index contributed by atoms with van der Waals surface area (Å²) in [5.41, 5.74) is 31.3. The summed E-state index contributed by atoms with van der Waals surface area (Å²) in [6, 6.07) is 30.7. The molecule has 1 saturated carbocycles. The molecule has 14 aromatic heterocycles. The van der Waals surface area contributed by atoms with Crippen LogP contribution in [0.5, 0.6) is 5.75 Å². The van der Waals surface area contributed by atoms with E-state index in [0.29, 0.717) is 30.3 Å². The summed E-state index contributed by atoms with van der Waals surface area (Å²) in [4.78, 5) is 40.7. The fraction of sp³-hybridized carbons (Fsp3) is 0.233. The van der Waals surface area contributed by atoms with Gasteiger partial charge in [-0.3, -0.25) is 55.6 Å². The number of amides is 1. The maximum atomic E-state index is 12.3. The van der Waals surface area contributed by atoms with Crippen molar-refractivity contribution in [3.63, 3.8) is 0 Å². The van der Waals surface area contributed by atoms with Crippen LogP contribution in [0.1, 0.15) is 87.4 Å². The number of phenols is 1. The van der Waals surface area contributed by atoms with Gasteiger partial charge in [-0.1, -0.05) is 0 Å². The van der Waals surface area contributed by atoms with E-state index in [9.17, 15) is 18.3 Å². The number of rotatable bonds is 9. The Labute approximate surface area is 728 Å². The maximum Gasteiger partial charge on any atom is 0.219 e. The van der Waals surface area contributed by atoms with E-state index in [2.05, 4.69) is 191 Å². The van der Waals surface area contributed by atoms with Crippen molar-refractivity contribution in [1.29, 1.82) is 0 Å². The van der Waals surface area contributed by atoms with Gasteiger partial charge in [0, 0.05) is 150 Å². The second-order valence-corrected chi connectivity index (χ2v) is 36.3. The molecule has 0 bridgehead atoms. The zero-order chi connectivity index (χ0) is 84.1. The van der Waals surface area contributed by atoms with Crippen LogP contribution >= 0.6 is 45.2 Å². The fourth-order valence-corrected chi connectivity index (χ4v) is 20.8. The molecule has 0 spiro atoms. The number of hydrogen-bond donors (Lipinski definition) is 10. The SMILES string of the molecule is CC(=O)N1CCc2c(c(-c3cn[nH]c3C)nc3ccc4[nH]ncc4c23)C1.Cc1[nH]ncc1-c1cc(C2CC2)c2c(ccc3[nH]ncc32)n1.Cc1[nH]ncc1-c1cc(CCN2CCOCC2)c2c(ccc3[nH]ncc32)n1.Cc1[nH]ncc1-c1nc2ccc3[nH]ncc3c2c2c1CS(=O)(=O)CC2.Cc1cc(-c2cc(I)c(O)c(I)c2)nc2ccc3[nH]ncc3c12. The predicted molar refractivity (Wildman–Crippen MR) is 492 cm³/mol. The van der Waals surface area contributed by atoms with Gasteiger partial charge in [0.05, 0.1) is 171 Å². The Morgan fingerprint density at radius 2 is 0.886 bits per heavy atom. The van der Waals surface area contributed by atoms with Crippen LogP contribution in [0.4, 0.5) is 0 Å². The number of hydrogen-bond acceptors (Lipinski definition) is 20. The van der Waals surface area contributed by atoms with Crippen LogP contribution < -0.4 is 0 Å². The van der Waals surface area contributed by atoms with Gasteiger partial charge < -0.3 is 14.7 Å². The molecule has 6 aromatic carbocycles. The van der Waals surface area contributed by atoms with E-state index in [0.717, 1.165) is 248 Å². The predicted octanol–water partition coefficient (Wildman–Crippen LogP) is 16.4. The van der Waals surface area contributed by atoms with E-state index in [-0.39, 0.29) is 17.4 Å². The number of nitrogens with one attached hydrogen (secondary N) is 9. The molecule has 17 heterocycles. The fourth-order valence-electron chi connectivity index (χ4n) is 17.6. The number of sulfone groups is 1. The highest BCUT2D eigenvalue weighted by molar-refractivity contribution is 14.1. The Morgan fingerprint density at radius 1 is 0.463 bits per heavy atom. The highest BCUT2D eigenvalue weighted by atomic mass is 127. The molecule has 10 N–H and O–H groups in total. The van der Waals surface area contributed by atoms with E-state index >= 15 is 0 Å². The third-order valence-corrected chi connectivity index (χ3v) is 27.2. The lowest BCUT2D eigenvalue weighted by atomic mass is 9.90. The van der Waals surface area contributed by atoms with Gasteiger partial charge >= 0.3 is 0 Å². The first-order chi connectivity index (χ1) is 59.8. The molecule has 123 heavy (non-hydrogen) atoms. The van der Waals surface area contributed by atoms with Crippen molar-refractivity contribution in [3.8, 4) is 62.0 Å². The number of phenolic OH excluding ortho intramolecular Hbond substituents is 1. The first kappa shape index (κ1) is 78.7. The summed E-state index contributed by atoms with van der Waals surface area (Å²) in [5, 5.41) is 85.6. The minimum Gasteiger partial charge on any atom is -0.506 e. The number of benzene rings is 6. The molecular formula is C90H81I2N25O5S. The van der Waals surface area contributed by atoms with Crippen molar-refractivity contribution in [2.45, 2.75) is 91.9 Å². The van der Waals surface area contributed by atoms with Crippen molar-refractivity contribution >= 4 is 170 Å². The van der Waals surface area contributed by atoms with Crippen LogP contribution in [0.15, 0.2) is 147 Å². The number of aromatic hydroxyl groups is 1. The van der Waals surface area contributed by atoms with E-state index in [1.807, 2.05) is 125 Å². The number of carbonyl (C=O) groups is 1. The average Bonchev–Trinajstić information content (AvgIpc) is 1.57. The Bertz CT molecular complexity index is 7670. The summed E-state index contributed by atoms with van der Waals surface area (Å²) in [5.74, 6) is 1.24. The lowest BCUT2D eigenvalue weighted by molar-refractivity contribution is -0.129. The minimum absolute atomic E-state index is 0.0134. The highest BCUT2D eigenvalue weighted by Gasteiger charge is 2.32. The number of morpholine rings is 1. The normalized spacial score (nSPS) is 14.6. The molecule has 0 unspecified atom stereocenters. The van der Waals surface area contributed by atoms with E-state index < -0.39 is 9.84 Å². The van der Waals surface area contributed by atoms with Gasteiger partial charge in [0.1, 0.15) is 5.75 Å². The quantitative estimate of drug-likeness (QED) is 0.0600. The number of halogens is 2. The van der Waals surface area contributed by atoms with Crippen LogP contribution in [0.2, 0.25) is 0 Å². The number of fused-ring (bicyclic) bond motifs is 19. The topological polar surface area (TPSA) is 410 Å². The zero-order valence-corrected chi connectivity index (χ0v) is 72.9. The standard InChI is InChI=1S/C20H22N6O.C19H18N6O.C17H11I2N3O.C17H15N5O2S.C17H15N5/c1-13-15(11-21-24-13)19-10-14(4-5-26-6-8-27-9-7-26)20-16-12-22-25-17(16)2-3-18(20)23-19;1-10-13(7-20-23-10)19-15-9-25(11(2)26)6-5-12(15)18-14-8-21-24-16(14)3-4-17(18)22-19;1-8-4-15(9-5-11(18)17(23)12(19)6-9)21-14-3-2-13-10(16(8)14)7-20-22-13;1-9-11(6-18-21-9)17-13-8-25(23,24)5-4-10(13)16-12-7-19-22-14(12)2-3-15(16)20-17;1-9-12(7-18-21-9)16-6-11(10-2-3-10)17-13-8-19-22-14(13)4-5-15(17)20-16/h2-3,10-12H,4-9H2,1H3,(H,21,24)(H,22,25);3-4,7-8H,5-6,9H2,1-2H3,(H,20,23)(H,21,24);2-7,23H,1H3,(H,20,22);2-3,6-7H,4-5,8H2,1H3,(H,18,21)(H,19,22);4-8,10H,2-3H2,1H3,(H,18,21)(H,19,22). The van der Waals surface area contributed by atoms with Gasteiger partial charge in [0.2, 0.25) is 5.91 Å². The van der Waals surface area contributed by atoms with E-state index in [4.69, 9.17) is 29.7 Å². The molecule has 3 aliphatic heterocycles. The summed E-state index contributed by atoms with van der Waals surface area (Å²) < 4.78 is 31.7.